The summed E-state index contributed by atoms with van der Waals surface area (Å²) in [5.74, 6) is -0.170. The van der Waals surface area contributed by atoms with E-state index in [4.69, 9.17) is 10.00 Å². The highest BCUT2D eigenvalue weighted by molar-refractivity contribution is 5.78. The van der Waals surface area contributed by atoms with Gasteiger partial charge in [-0.3, -0.25) is 4.79 Å². The minimum Gasteiger partial charge on any atom is -0.385 e. The number of nitrogens with one attached hydrogen (secondary N) is 1. The van der Waals surface area contributed by atoms with Crippen molar-refractivity contribution >= 4 is 5.91 Å². The summed E-state index contributed by atoms with van der Waals surface area (Å²) in [6.45, 7) is 1.44. The van der Waals surface area contributed by atoms with Gasteiger partial charge in [-0.15, -0.1) is 0 Å². The van der Waals surface area contributed by atoms with Gasteiger partial charge in [0.1, 0.15) is 6.42 Å². The molecule has 1 aliphatic carbocycles. The molecule has 0 aliphatic heterocycles. The van der Waals surface area contributed by atoms with Crippen LogP contribution < -0.4 is 5.32 Å². The molecule has 0 aromatic heterocycles. The fraction of sp³-hybridized carbons (Fsp3) is 0.800. The second-order valence-corrected chi connectivity index (χ2v) is 3.85. The molecule has 1 aliphatic rings. The molecule has 0 saturated heterocycles. The van der Waals surface area contributed by atoms with Crippen molar-refractivity contribution in [1.82, 2.24) is 5.32 Å². The number of nitriles is 1. The minimum absolute atomic E-state index is 0.0413. The van der Waals surface area contributed by atoms with E-state index in [1.54, 1.807) is 7.11 Å². The molecule has 1 saturated carbocycles. The number of ether oxygens (including phenoxy) is 1. The maximum atomic E-state index is 11.0. The zero-order valence-electron chi connectivity index (χ0n) is 8.51. The van der Waals surface area contributed by atoms with E-state index in [9.17, 15) is 4.79 Å². The van der Waals surface area contributed by atoms with Gasteiger partial charge in [0.15, 0.2) is 0 Å². The molecular weight excluding hydrogens is 180 g/mol. The normalized spacial score (nSPS) is 17.1. The van der Waals surface area contributed by atoms with E-state index in [-0.39, 0.29) is 17.7 Å². The van der Waals surface area contributed by atoms with Gasteiger partial charge >= 0.3 is 0 Å². The molecular formula is C10H16N2O2. The summed E-state index contributed by atoms with van der Waals surface area (Å²) in [6, 6.07) is 1.83. The van der Waals surface area contributed by atoms with Crippen LogP contribution in [0.15, 0.2) is 0 Å². The van der Waals surface area contributed by atoms with Gasteiger partial charge in [-0.05, 0) is 24.7 Å². The number of hydrogen-bond acceptors (Lipinski definition) is 3. The van der Waals surface area contributed by atoms with E-state index < -0.39 is 0 Å². The van der Waals surface area contributed by atoms with Crippen molar-refractivity contribution in [3.8, 4) is 6.07 Å². The van der Waals surface area contributed by atoms with Crippen LogP contribution in [-0.4, -0.2) is 26.2 Å². The van der Waals surface area contributed by atoms with E-state index in [0.717, 1.165) is 25.9 Å². The Morgan fingerprint density at radius 1 is 1.64 bits per heavy atom. The first kappa shape index (κ1) is 11.0. The number of carbonyl (C=O) groups is 1. The van der Waals surface area contributed by atoms with Gasteiger partial charge < -0.3 is 10.1 Å². The summed E-state index contributed by atoms with van der Waals surface area (Å²) < 4.78 is 5.01. The first-order valence-electron chi connectivity index (χ1n) is 4.85. The molecule has 0 spiro atoms. The molecule has 1 N–H and O–H groups in total. The van der Waals surface area contributed by atoms with Crippen molar-refractivity contribution in [2.24, 2.45) is 5.41 Å². The standard InChI is InChI=1S/C10H16N2O2/c1-14-7-5-10(3-4-10)8-12-9(13)2-6-11/h2-5,7-8H2,1H3,(H,12,13). The second-order valence-electron chi connectivity index (χ2n) is 3.85. The molecule has 0 radical (unpaired) electrons. The summed E-state index contributed by atoms with van der Waals surface area (Å²) in [5, 5.41) is 11.1. The van der Waals surface area contributed by atoms with Crippen LogP contribution in [0, 0.1) is 16.7 Å². The van der Waals surface area contributed by atoms with Crippen molar-refractivity contribution in [3.05, 3.63) is 0 Å². The van der Waals surface area contributed by atoms with Crippen molar-refractivity contribution in [2.45, 2.75) is 25.7 Å². The molecule has 1 rings (SSSR count). The third-order valence-corrected chi connectivity index (χ3v) is 2.69. The number of amides is 1. The van der Waals surface area contributed by atoms with Gasteiger partial charge in [0, 0.05) is 20.3 Å². The van der Waals surface area contributed by atoms with Crippen molar-refractivity contribution in [3.63, 3.8) is 0 Å². The van der Waals surface area contributed by atoms with Crippen molar-refractivity contribution < 1.29 is 9.53 Å². The minimum atomic E-state index is -0.170. The van der Waals surface area contributed by atoms with Crippen molar-refractivity contribution in [2.75, 3.05) is 20.3 Å². The number of hydrogen-bond donors (Lipinski definition) is 1. The Balaban J connectivity index is 2.17. The zero-order valence-corrected chi connectivity index (χ0v) is 8.51. The van der Waals surface area contributed by atoms with Crippen LogP contribution in [0.25, 0.3) is 0 Å². The molecule has 1 fully saturated rings. The quantitative estimate of drug-likeness (QED) is 0.684. The molecule has 0 atom stereocenters. The van der Waals surface area contributed by atoms with Gasteiger partial charge in [0.05, 0.1) is 6.07 Å². The first-order valence-corrected chi connectivity index (χ1v) is 4.85. The Hall–Kier alpha value is -1.08. The lowest BCUT2D eigenvalue weighted by molar-refractivity contribution is -0.120. The number of rotatable bonds is 6. The third-order valence-electron chi connectivity index (χ3n) is 2.69. The van der Waals surface area contributed by atoms with Crippen LogP contribution >= 0.6 is 0 Å². The lowest BCUT2D eigenvalue weighted by atomic mass is 10.0. The molecule has 1 amide bonds. The molecule has 14 heavy (non-hydrogen) atoms. The smallest absolute Gasteiger partial charge is 0.234 e. The number of methoxy groups -OCH3 is 1. The largest absolute Gasteiger partial charge is 0.385 e. The van der Waals surface area contributed by atoms with Crippen LogP contribution in [0.1, 0.15) is 25.7 Å². The molecule has 0 aromatic carbocycles. The monoisotopic (exact) mass is 196 g/mol. The van der Waals surface area contributed by atoms with Crippen LogP contribution in [0.2, 0.25) is 0 Å². The summed E-state index contributed by atoms with van der Waals surface area (Å²) in [6.07, 6.45) is 3.27. The average molecular weight is 196 g/mol. The fourth-order valence-corrected chi connectivity index (χ4v) is 1.43. The van der Waals surface area contributed by atoms with Crippen molar-refractivity contribution in [1.29, 1.82) is 5.26 Å². The van der Waals surface area contributed by atoms with Gasteiger partial charge in [-0.25, -0.2) is 0 Å². The highest BCUT2D eigenvalue weighted by Crippen LogP contribution is 2.48. The van der Waals surface area contributed by atoms with Crippen LogP contribution in [-0.2, 0) is 9.53 Å². The van der Waals surface area contributed by atoms with Gasteiger partial charge in [-0.1, -0.05) is 0 Å². The van der Waals surface area contributed by atoms with Crippen LogP contribution in [0.4, 0.5) is 0 Å². The summed E-state index contributed by atoms with van der Waals surface area (Å²) in [7, 11) is 1.68. The SMILES string of the molecule is COCCC1(CNC(=O)CC#N)CC1. The Bertz CT molecular complexity index is 241. The molecule has 4 nitrogen and oxygen atoms in total. The second kappa shape index (κ2) is 4.97. The van der Waals surface area contributed by atoms with Crippen LogP contribution in [0.3, 0.4) is 0 Å². The molecule has 0 heterocycles. The summed E-state index contributed by atoms with van der Waals surface area (Å²) >= 11 is 0. The Morgan fingerprint density at radius 2 is 2.36 bits per heavy atom. The zero-order chi connectivity index (χ0) is 10.4. The highest BCUT2D eigenvalue weighted by atomic mass is 16.5. The maximum Gasteiger partial charge on any atom is 0.234 e. The number of carbonyl (C=O) groups excluding carboxylic acids is 1. The predicted molar refractivity (Wildman–Crippen MR) is 51.4 cm³/mol. The third kappa shape index (κ3) is 3.35. The fourth-order valence-electron chi connectivity index (χ4n) is 1.43. The lowest BCUT2D eigenvalue weighted by Gasteiger charge is -2.14. The topological polar surface area (TPSA) is 62.1 Å². The first-order chi connectivity index (χ1) is 6.72. The molecule has 0 bridgehead atoms. The van der Waals surface area contributed by atoms with E-state index in [1.165, 1.54) is 0 Å². The summed E-state index contributed by atoms with van der Waals surface area (Å²) in [5.41, 5.74) is 0.265. The number of nitrogens with zero attached hydrogens (tertiary/aromatic N) is 1. The average Bonchev–Trinajstić information content (AvgIpc) is 2.93. The molecule has 0 unspecified atom stereocenters. The Kier molecular flexibility index (Phi) is 3.90. The molecule has 0 aromatic rings. The Morgan fingerprint density at radius 3 is 2.86 bits per heavy atom. The van der Waals surface area contributed by atoms with E-state index >= 15 is 0 Å². The summed E-state index contributed by atoms with van der Waals surface area (Å²) in [4.78, 5) is 11.0. The van der Waals surface area contributed by atoms with Crippen LogP contribution in [0.5, 0.6) is 0 Å². The van der Waals surface area contributed by atoms with E-state index in [0.29, 0.717) is 6.54 Å². The van der Waals surface area contributed by atoms with E-state index in [2.05, 4.69) is 5.32 Å². The maximum absolute atomic E-state index is 11.0. The van der Waals surface area contributed by atoms with Gasteiger partial charge in [-0.2, -0.15) is 5.26 Å². The highest BCUT2D eigenvalue weighted by Gasteiger charge is 2.41. The molecule has 78 valence electrons. The molecule has 4 heteroatoms. The van der Waals surface area contributed by atoms with Gasteiger partial charge in [0.2, 0.25) is 5.91 Å². The lowest BCUT2D eigenvalue weighted by Crippen LogP contribution is -2.30. The Labute approximate surface area is 84.2 Å². The predicted octanol–water partition coefficient (Wildman–Crippen LogP) is 0.833. The van der Waals surface area contributed by atoms with E-state index in [1.807, 2.05) is 6.07 Å². The van der Waals surface area contributed by atoms with Gasteiger partial charge in [0.25, 0.3) is 0 Å².